The molecule has 26 heavy (non-hydrogen) atoms. The van der Waals surface area contributed by atoms with Gasteiger partial charge in [0, 0.05) is 18.2 Å². The highest BCUT2D eigenvalue weighted by Gasteiger charge is 2.17. The molecule has 3 heterocycles. The molecule has 0 aliphatic carbocycles. The number of anilines is 1. The Bertz CT molecular complexity index is 986. The summed E-state index contributed by atoms with van der Waals surface area (Å²) in [5.74, 6) is -0.516. The van der Waals surface area contributed by atoms with Crippen molar-refractivity contribution in [3.63, 3.8) is 0 Å². The first-order chi connectivity index (χ1) is 12.7. The summed E-state index contributed by atoms with van der Waals surface area (Å²) in [7, 11) is 0. The van der Waals surface area contributed by atoms with E-state index in [0.717, 1.165) is 25.9 Å². The van der Waals surface area contributed by atoms with Crippen LogP contribution in [0.1, 0.15) is 29.6 Å². The number of hydrogen-bond donors (Lipinski definition) is 1. The van der Waals surface area contributed by atoms with Gasteiger partial charge in [0.25, 0.3) is 5.91 Å². The minimum atomic E-state index is -0.663. The van der Waals surface area contributed by atoms with E-state index in [-0.39, 0.29) is 11.7 Å². The molecular weight excluding hydrogens is 334 g/mol. The van der Waals surface area contributed by atoms with Crippen molar-refractivity contribution in [1.29, 1.82) is 0 Å². The lowest BCUT2D eigenvalue weighted by Gasteiger charge is -2.22. The SMILES string of the molecule is O=C(Nc1cnn(CC2CCCCO2)c1)c1cc2ccccc2oc1=O. The summed E-state index contributed by atoms with van der Waals surface area (Å²) in [6, 6.07) is 8.61. The molecule has 1 aliphatic heterocycles. The van der Waals surface area contributed by atoms with Crippen molar-refractivity contribution in [2.45, 2.75) is 31.9 Å². The van der Waals surface area contributed by atoms with E-state index in [4.69, 9.17) is 9.15 Å². The van der Waals surface area contributed by atoms with E-state index < -0.39 is 11.5 Å². The Labute approximate surface area is 149 Å². The fraction of sp³-hybridized carbons (Fsp3) is 0.316. The van der Waals surface area contributed by atoms with Gasteiger partial charge in [-0.2, -0.15) is 5.10 Å². The average molecular weight is 353 g/mol. The lowest BCUT2D eigenvalue weighted by Crippen LogP contribution is -2.24. The van der Waals surface area contributed by atoms with Gasteiger partial charge in [-0.3, -0.25) is 9.48 Å². The Kier molecular flexibility index (Phi) is 4.53. The van der Waals surface area contributed by atoms with Crippen LogP contribution in [0.15, 0.2) is 51.9 Å². The van der Waals surface area contributed by atoms with Gasteiger partial charge in [0.2, 0.25) is 0 Å². The third-order valence-electron chi connectivity index (χ3n) is 4.44. The van der Waals surface area contributed by atoms with Crippen molar-refractivity contribution in [2.24, 2.45) is 0 Å². The van der Waals surface area contributed by atoms with E-state index in [1.54, 1.807) is 35.3 Å². The molecule has 1 unspecified atom stereocenters. The zero-order valence-electron chi connectivity index (χ0n) is 14.2. The zero-order valence-corrected chi connectivity index (χ0v) is 14.2. The standard InChI is InChI=1S/C19H19N3O4/c23-18(16-9-13-5-1-2-7-17(13)26-19(16)24)21-14-10-20-22(11-14)12-15-6-3-4-8-25-15/h1-2,5,7,9-11,15H,3-4,6,8,12H2,(H,21,23). The van der Waals surface area contributed by atoms with Crippen LogP contribution in [0, 0.1) is 0 Å². The second kappa shape index (κ2) is 7.13. The van der Waals surface area contributed by atoms with Crippen LogP contribution in [0.5, 0.6) is 0 Å². The fourth-order valence-electron chi connectivity index (χ4n) is 3.11. The number of hydrogen-bond acceptors (Lipinski definition) is 5. The molecule has 0 bridgehead atoms. The zero-order chi connectivity index (χ0) is 17.9. The highest BCUT2D eigenvalue weighted by atomic mass is 16.5. The molecule has 1 atom stereocenters. The number of aromatic nitrogens is 2. The topological polar surface area (TPSA) is 86.4 Å². The van der Waals surface area contributed by atoms with Crippen LogP contribution in [0.2, 0.25) is 0 Å². The number of benzene rings is 1. The van der Waals surface area contributed by atoms with E-state index >= 15 is 0 Å². The molecule has 1 N–H and O–H groups in total. The van der Waals surface area contributed by atoms with Crippen LogP contribution in [0.4, 0.5) is 5.69 Å². The van der Waals surface area contributed by atoms with Crippen molar-refractivity contribution in [2.75, 3.05) is 11.9 Å². The highest BCUT2D eigenvalue weighted by Crippen LogP contribution is 2.16. The first kappa shape index (κ1) is 16.5. The van der Waals surface area contributed by atoms with Crippen LogP contribution in [-0.4, -0.2) is 28.4 Å². The quantitative estimate of drug-likeness (QED) is 0.729. The van der Waals surface area contributed by atoms with Gasteiger partial charge in [0.15, 0.2) is 0 Å². The predicted molar refractivity (Wildman–Crippen MR) is 96.3 cm³/mol. The average Bonchev–Trinajstić information content (AvgIpc) is 3.08. The van der Waals surface area contributed by atoms with E-state index in [1.165, 1.54) is 6.07 Å². The summed E-state index contributed by atoms with van der Waals surface area (Å²) in [4.78, 5) is 24.5. The second-order valence-corrected chi connectivity index (χ2v) is 6.38. The predicted octanol–water partition coefficient (Wildman–Crippen LogP) is 2.81. The minimum Gasteiger partial charge on any atom is -0.422 e. The largest absolute Gasteiger partial charge is 0.422 e. The number of rotatable bonds is 4. The molecule has 3 aromatic rings. The van der Waals surface area contributed by atoms with Crippen molar-refractivity contribution >= 4 is 22.6 Å². The van der Waals surface area contributed by atoms with Gasteiger partial charge in [-0.25, -0.2) is 4.79 Å². The molecule has 1 saturated heterocycles. The van der Waals surface area contributed by atoms with Gasteiger partial charge in [0.05, 0.1) is 24.5 Å². The molecule has 4 rings (SSSR count). The molecular formula is C19H19N3O4. The summed E-state index contributed by atoms with van der Waals surface area (Å²) < 4.78 is 12.6. The number of carbonyl (C=O) groups excluding carboxylic acids is 1. The van der Waals surface area contributed by atoms with Crippen molar-refractivity contribution in [3.05, 3.63) is 58.7 Å². The number of amides is 1. The van der Waals surface area contributed by atoms with Gasteiger partial charge in [0.1, 0.15) is 11.1 Å². The summed E-state index contributed by atoms with van der Waals surface area (Å²) in [5.41, 5.74) is 0.281. The third kappa shape index (κ3) is 3.52. The lowest BCUT2D eigenvalue weighted by atomic mass is 10.1. The summed E-state index contributed by atoms with van der Waals surface area (Å²) in [6.45, 7) is 1.43. The molecule has 0 spiro atoms. The van der Waals surface area contributed by atoms with Crippen LogP contribution in [0.25, 0.3) is 11.0 Å². The number of fused-ring (bicyclic) bond motifs is 1. The Morgan fingerprint density at radius 1 is 1.31 bits per heavy atom. The van der Waals surface area contributed by atoms with Gasteiger partial charge < -0.3 is 14.5 Å². The number of para-hydroxylation sites is 1. The number of nitrogens with zero attached hydrogens (tertiary/aromatic N) is 2. The number of carbonyl (C=O) groups is 1. The van der Waals surface area contributed by atoms with Gasteiger partial charge in [-0.05, 0) is 31.4 Å². The lowest BCUT2D eigenvalue weighted by molar-refractivity contribution is 0.00401. The van der Waals surface area contributed by atoms with E-state index in [0.29, 0.717) is 23.2 Å². The molecule has 7 heteroatoms. The Balaban J connectivity index is 1.48. The van der Waals surface area contributed by atoms with E-state index in [2.05, 4.69) is 10.4 Å². The molecule has 0 radical (unpaired) electrons. The molecule has 1 aromatic carbocycles. The fourth-order valence-corrected chi connectivity index (χ4v) is 3.11. The summed E-state index contributed by atoms with van der Waals surface area (Å²) in [6.07, 6.45) is 6.72. The number of ether oxygens (including phenoxy) is 1. The second-order valence-electron chi connectivity index (χ2n) is 6.38. The Morgan fingerprint density at radius 3 is 3.04 bits per heavy atom. The van der Waals surface area contributed by atoms with E-state index in [1.807, 2.05) is 6.07 Å². The van der Waals surface area contributed by atoms with E-state index in [9.17, 15) is 9.59 Å². The Hall–Kier alpha value is -2.93. The molecule has 1 fully saturated rings. The maximum absolute atomic E-state index is 12.4. The third-order valence-corrected chi connectivity index (χ3v) is 4.44. The molecule has 7 nitrogen and oxygen atoms in total. The van der Waals surface area contributed by atoms with Crippen LogP contribution in [-0.2, 0) is 11.3 Å². The highest BCUT2D eigenvalue weighted by molar-refractivity contribution is 6.05. The number of nitrogens with one attached hydrogen (secondary N) is 1. The smallest absolute Gasteiger partial charge is 0.349 e. The van der Waals surface area contributed by atoms with Crippen LogP contribution in [0.3, 0.4) is 0 Å². The maximum atomic E-state index is 12.4. The normalized spacial score (nSPS) is 17.3. The summed E-state index contributed by atoms with van der Waals surface area (Å²) in [5, 5.41) is 7.64. The molecule has 1 amide bonds. The van der Waals surface area contributed by atoms with Crippen molar-refractivity contribution in [1.82, 2.24) is 9.78 Å². The van der Waals surface area contributed by atoms with Crippen LogP contribution >= 0.6 is 0 Å². The van der Waals surface area contributed by atoms with Crippen molar-refractivity contribution in [3.8, 4) is 0 Å². The summed E-state index contributed by atoms with van der Waals surface area (Å²) >= 11 is 0. The molecule has 134 valence electrons. The first-order valence-corrected chi connectivity index (χ1v) is 8.67. The molecule has 0 saturated carbocycles. The van der Waals surface area contributed by atoms with Gasteiger partial charge >= 0.3 is 5.63 Å². The monoisotopic (exact) mass is 353 g/mol. The van der Waals surface area contributed by atoms with Gasteiger partial charge in [-0.15, -0.1) is 0 Å². The Morgan fingerprint density at radius 2 is 2.19 bits per heavy atom. The molecule has 1 aliphatic rings. The minimum absolute atomic E-state index is 0.0351. The maximum Gasteiger partial charge on any atom is 0.349 e. The van der Waals surface area contributed by atoms with Crippen molar-refractivity contribution < 1.29 is 13.9 Å². The van der Waals surface area contributed by atoms with Crippen LogP contribution < -0.4 is 10.9 Å². The van der Waals surface area contributed by atoms with Gasteiger partial charge in [-0.1, -0.05) is 18.2 Å². The first-order valence-electron chi connectivity index (χ1n) is 8.67. The molecule has 2 aromatic heterocycles.